The summed E-state index contributed by atoms with van der Waals surface area (Å²) in [5.74, 6) is 0. The summed E-state index contributed by atoms with van der Waals surface area (Å²) < 4.78 is 2.11. The molecular formula is C16H12Br2N2. The fourth-order valence-electron chi connectivity index (χ4n) is 2.07. The summed E-state index contributed by atoms with van der Waals surface area (Å²) in [6.07, 6.45) is 1.82. The van der Waals surface area contributed by atoms with Gasteiger partial charge in [0, 0.05) is 32.8 Å². The third kappa shape index (κ3) is 3.02. The second-order valence-electron chi connectivity index (χ2n) is 4.51. The van der Waals surface area contributed by atoms with Gasteiger partial charge in [0.1, 0.15) is 0 Å². The normalized spacial score (nSPS) is 10.7. The molecule has 0 amide bonds. The van der Waals surface area contributed by atoms with Gasteiger partial charge < -0.3 is 5.32 Å². The highest BCUT2D eigenvalue weighted by molar-refractivity contribution is 9.11. The summed E-state index contributed by atoms with van der Waals surface area (Å²) in [7, 11) is 0. The molecule has 1 aromatic heterocycles. The zero-order chi connectivity index (χ0) is 13.9. The lowest BCUT2D eigenvalue weighted by Gasteiger charge is -2.09. The van der Waals surface area contributed by atoms with Crippen molar-refractivity contribution in [3.63, 3.8) is 0 Å². The van der Waals surface area contributed by atoms with Gasteiger partial charge in [0.05, 0.1) is 5.52 Å². The molecule has 20 heavy (non-hydrogen) atoms. The Morgan fingerprint density at radius 1 is 1.00 bits per heavy atom. The summed E-state index contributed by atoms with van der Waals surface area (Å²) in [6, 6.07) is 16.5. The van der Waals surface area contributed by atoms with Crippen LogP contribution in [0.1, 0.15) is 5.56 Å². The summed E-state index contributed by atoms with van der Waals surface area (Å²) in [5, 5.41) is 4.60. The van der Waals surface area contributed by atoms with Crippen LogP contribution in [0.15, 0.2) is 63.7 Å². The van der Waals surface area contributed by atoms with Gasteiger partial charge in [-0.25, -0.2) is 0 Å². The number of benzene rings is 2. The minimum absolute atomic E-state index is 0.783. The molecule has 0 saturated heterocycles. The Hall–Kier alpha value is -1.39. The summed E-state index contributed by atoms with van der Waals surface area (Å²) in [4.78, 5) is 4.33. The van der Waals surface area contributed by atoms with Crippen LogP contribution in [0.2, 0.25) is 0 Å². The minimum atomic E-state index is 0.783. The Bertz CT molecular complexity index is 756. The smallest absolute Gasteiger partial charge is 0.0702 e. The molecule has 0 bridgehead atoms. The monoisotopic (exact) mass is 390 g/mol. The molecule has 3 aromatic rings. The molecule has 0 unspecified atom stereocenters. The molecule has 1 heterocycles. The Morgan fingerprint density at radius 3 is 2.75 bits per heavy atom. The van der Waals surface area contributed by atoms with E-state index in [2.05, 4.69) is 72.5 Å². The maximum absolute atomic E-state index is 4.33. The van der Waals surface area contributed by atoms with E-state index in [-0.39, 0.29) is 0 Å². The van der Waals surface area contributed by atoms with Gasteiger partial charge in [0.15, 0.2) is 0 Å². The molecule has 4 heteroatoms. The molecule has 0 fully saturated rings. The second kappa shape index (κ2) is 5.94. The van der Waals surface area contributed by atoms with E-state index >= 15 is 0 Å². The number of aromatic nitrogens is 1. The topological polar surface area (TPSA) is 24.9 Å². The Morgan fingerprint density at radius 2 is 1.90 bits per heavy atom. The number of pyridine rings is 1. The Balaban J connectivity index is 1.79. The standard InChI is InChI=1S/C16H12Br2N2/c17-13-4-6-16(14(18)9-13)20-10-11-3-5-15-12(8-11)2-1-7-19-15/h1-9,20H,10H2. The predicted molar refractivity (Wildman–Crippen MR) is 90.9 cm³/mol. The summed E-state index contributed by atoms with van der Waals surface area (Å²) >= 11 is 7.01. The Kier molecular flexibility index (Phi) is 4.03. The van der Waals surface area contributed by atoms with Gasteiger partial charge in [0.2, 0.25) is 0 Å². The molecule has 0 aliphatic rings. The van der Waals surface area contributed by atoms with Crippen LogP contribution in [0.4, 0.5) is 5.69 Å². The van der Waals surface area contributed by atoms with Crippen molar-refractivity contribution in [3.05, 3.63) is 69.2 Å². The first-order valence-electron chi connectivity index (χ1n) is 6.25. The van der Waals surface area contributed by atoms with Crippen molar-refractivity contribution in [1.29, 1.82) is 0 Å². The third-order valence-corrected chi connectivity index (χ3v) is 4.23. The maximum Gasteiger partial charge on any atom is 0.0702 e. The molecule has 2 nitrogen and oxygen atoms in total. The number of rotatable bonds is 3. The molecule has 0 aliphatic carbocycles. The van der Waals surface area contributed by atoms with Gasteiger partial charge in [0.25, 0.3) is 0 Å². The van der Waals surface area contributed by atoms with Gasteiger partial charge in [-0.15, -0.1) is 0 Å². The van der Waals surface area contributed by atoms with E-state index in [1.165, 1.54) is 10.9 Å². The lowest BCUT2D eigenvalue weighted by Crippen LogP contribution is -2.00. The fraction of sp³-hybridized carbons (Fsp3) is 0.0625. The predicted octanol–water partition coefficient (Wildman–Crippen LogP) is 5.37. The van der Waals surface area contributed by atoms with Crippen molar-refractivity contribution in [3.8, 4) is 0 Å². The third-order valence-electron chi connectivity index (χ3n) is 3.08. The van der Waals surface area contributed by atoms with Crippen molar-refractivity contribution < 1.29 is 0 Å². The van der Waals surface area contributed by atoms with Gasteiger partial charge in [-0.3, -0.25) is 4.98 Å². The zero-order valence-corrected chi connectivity index (χ0v) is 13.8. The SMILES string of the molecule is Brc1ccc(NCc2ccc3ncccc3c2)c(Br)c1. The fourth-order valence-corrected chi connectivity index (χ4v) is 3.25. The van der Waals surface area contributed by atoms with Crippen molar-refractivity contribution in [2.75, 3.05) is 5.32 Å². The van der Waals surface area contributed by atoms with Crippen LogP contribution in [0.3, 0.4) is 0 Å². The van der Waals surface area contributed by atoms with Crippen molar-refractivity contribution >= 4 is 48.5 Å². The molecule has 100 valence electrons. The van der Waals surface area contributed by atoms with Crippen LogP contribution in [-0.4, -0.2) is 4.98 Å². The number of halogens is 2. The first kappa shape index (κ1) is 13.6. The highest BCUT2D eigenvalue weighted by atomic mass is 79.9. The Labute approximate surface area is 134 Å². The van der Waals surface area contributed by atoms with Crippen molar-refractivity contribution in [2.24, 2.45) is 0 Å². The zero-order valence-electron chi connectivity index (χ0n) is 10.6. The van der Waals surface area contributed by atoms with Gasteiger partial charge >= 0.3 is 0 Å². The first-order valence-corrected chi connectivity index (χ1v) is 7.83. The van der Waals surface area contributed by atoms with E-state index in [9.17, 15) is 0 Å². The van der Waals surface area contributed by atoms with Gasteiger partial charge in [-0.2, -0.15) is 0 Å². The van der Waals surface area contributed by atoms with E-state index in [1.54, 1.807) is 0 Å². The minimum Gasteiger partial charge on any atom is -0.380 e. The maximum atomic E-state index is 4.33. The summed E-state index contributed by atoms with van der Waals surface area (Å²) in [5.41, 5.74) is 3.35. The van der Waals surface area contributed by atoms with E-state index in [1.807, 2.05) is 24.4 Å². The van der Waals surface area contributed by atoms with Crippen molar-refractivity contribution in [1.82, 2.24) is 4.98 Å². The number of nitrogens with one attached hydrogen (secondary N) is 1. The first-order chi connectivity index (χ1) is 9.72. The quantitative estimate of drug-likeness (QED) is 0.648. The van der Waals surface area contributed by atoms with Crippen LogP contribution >= 0.6 is 31.9 Å². The van der Waals surface area contributed by atoms with Crippen LogP contribution in [0.25, 0.3) is 10.9 Å². The lowest BCUT2D eigenvalue weighted by molar-refractivity contribution is 1.15. The van der Waals surface area contributed by atoms with Crippen molar-refractivity contribution in [2.45, 2.75) is 6.54 Å². The highest BCUT2D eigenvalue weighted by Crippen LogP contribution is 2.26. The van der Waals surface area contributed by atoms with Gasteiger partial charge in [-0.05, 0) is 57.9 Å². The molecular weight excluding hydrogens is 380 g/mol. The number of hydrogen-bond acceptors (Lipinski definition) is 2. The molecule has 0 radical (unpaired) electrons. The number of fused-ring (bicyclic) bond motifs is 1. The number of anilines is 1. The highest BCUT2D eigenvalue weighted by Gasteiger charge is 2.01. The average molecular weight is 392 g/mol. The van der Waals surface area contributed by atoms with E-state index in [4.69, 9.17) is 0 Å². The van der Waals surface area contributed by atoms with E-state index in [0.717, 1.165) is 26.7 Å². The molecule has 0 atom stereocenters. The van der Waals surface area contributed by atoms with Gasteiger partial charge in [-0.1, -0.05) is 28.1 Å². The van der Waals surface area contributed by atoms with Crippen LogP contribution in [-0.2, 0) is 6.54 Å². The van der Waals surface area contributed by atoms with E-state index in [0.29, 0.717) is 0 Å². The largest absolute Gasteiger partial charge is 0.380 e. The molecule has 1 N–H and O–H groups in total. The molecule has 2 aromatic carbocycles. The molecule has 0 aliphatic heterocycles. The molecule has 3 rings (SSSR count). The van der Waals surface area contributed by atoms with Crippen LogP contribution in [0, 0.1) is 0 Å². The average Bonchev–Trinajstić information content (AvgIpc) is 2.46. The molecule has 0 spiro atoms. The lowest BCUT2D eigenvalue weighted by atomic mass is 10.1. The van der Waals surface area contributed by atoms with E-state index < -0.39 is 0 Å². The number of nitrogens with zero attached hydrogens (tertiary/aromatic N) is 1. The molecule has 0 saturated carbocycles. The van der Waals surface area contributed by atoms with Crippen LogP contribution in [0.5, 0.6) is 0 Å². The van der Waals surface area contributed by atoms with Crippen LogP contribution < -0.4 is 5.32 Å². The number of hydrogen-bond donors (Lipinski definition) is 1. The summed E-state index contributed by atoms with van der Waals surface area (Å²) in [6.45, 7) is 0.783. The second-order valence-corrected chi connectivity index (χ2v) is 6.28.